The normalized spacial score (nSPS) is 11.4. The van der Waals surface area contributed by atoms with Crippen LogP contribution in [0.1, 0.15) is 16.7 Å². The van der Waals surface area contributed by atoms with Gasteiger partial charge in [0, 0.05) is 5.56 Å². The second-order valence-corrected chi connectivity index (χ2v) is 8.34. The number of hydrogen-bond acceptors (Lipinski definition) is 3. The topological polar surface area (TPSA) is 36.3 Å². The zero-order chi connectivity index (χ0) is 23.3. The molecule has 178 valence electrons. The number of ether oxygens (including phenoxy) is 2. The Morgan fingerprint density at radius 3 is 2.23 bits per heavy atom. The predicted molar refractivity (Wildman–Crippen MR) is 137 cm³/mol. The fourth-order valence-electron chi connectivity index (χ4n) is 4.53. The molecular formula is C30H28FeN2O2. The van der Waals surface area contributed by atoms with Crippen molar-refractivity contribution in [2.24, 2.45) is 0 Å². The van der Waals surface area contributed by atoms with E-state index in [-0.39, 0.29) is 17.1 Å². The Balaban J connectivity index is 0.000000431. The van der Waals surface area contributed by atoms with Gasteiger partial charge in [0.25, 0.3) is 0 Å². The third-order valence-corrected chi connectivity index (χ3v) is 6.25. The zero-order valence-electron chi connectivity index (χ0n) is 19.9. The van der Waals surface area contributed by atoms with Gasteiger partial charge in [-0.1, -0.05) is 18.2 Å². The molecule has 0 aliphatic heterocycles. The van der Waals surface area contributed by atoms with Crippen LogP contribution in [0, 0.1) is 0 Å². The van der Waals surface area contributed by atoms with Crippen LogP contribution in [0.25, 0.3) is 22.5 Å². The van der Waals surface area contributed by atoms with Gasteiger partial charge in [0.15, 0.2) is 0 Å². The van der Waals surface area contributed by atoms with Crippen molar-refractivity contribution < 1.29 is 26.5 Å². The molecule has 1 aliphatic rings. The maximum absolute atomic E-state index is 5.48. The van der Waals surface area contributed by atoms with Crippen LogP contribution in [0.4, 0.5) is 0 Å². The summed E-state index contributed by atoms with van der Waals surface area (Å²) in [6, 6.07) is 33.0. The molecule has 0 amide bonds. The molecule has 0 saturated carbocycles. The molecule has 0 spiro atoms. The number of rotatable bonds is 5. The van der Waals surface area contributed by atoms with Crippen molar-refractivity contribution >= 4 is 0 Å². The van der Waals surface area contributed by atoms with Crippen molar-refractivity contribution in [2.75, 3.05) is 14.2 Å². The molecule has 1 aromatic heterocycles. The maximum Gasteiger partial charge on any atom is 2.00 e. The van der Waals surface area contributed by atoms with Crippen LogP contribution in [0.3, 0.4) is 0 Å². The van der Waals surface area contributed by atoms with Gasteiger partial charge in [0.1, 0.15) is 11.5 Å². The summed E-state index contributed by atoms with van der Waals surface area (Å²) in [4.78, 5) is 0. The quantitative estimate of drug-likeness (QED) is 0.203. The average molecular weight is 504 g/mol. The van der Waals surface area contributed by atoms with E-state index < -0.39 is 0 Å². The molecule has 1 aliphatic carbocycles. The number of aryl methyl sites for hydroxylation is 1. The van der Waals surface area contributed by atoms with Gasteiger partial charge in [-0.15, -0.1) is 11.6 Å². The van der Waals surface area contributed by atoms with Crippen molar-refractivity contribution in [1.82, 2.24) is 9.78 Å². The first-order valence-electron chi connectivity index (χ1n) is 11.6. The van der Waals surface area contributed by atoms with Crippen LogP contribution >= 0.6 is 0 Å². The number of methoxy groups -OCH3 is 2. The van der Waals surface area contributed by atoms with Crippen LogP contribution in [0.5, 0.6) is 11.5 Å². The smallest absolute Gasteiger partial charge is 0.497 e. The molecule has 0 saturated heterocycles. The van der Waals surface area contributed by atoms with Crippen molar-refractivity contribution in [1.29, 1.82) is 0 Å². The standard InChI is InChI=1S/C25H23N2O2.C5H5.Fe/c1-28-20-11-7-17(8-12-20)16-27-25(19-5-3-4-6-19)22-14-10-18-9-13-21(29-2)15-23(18)24(22)26-27;1-2-4-5-3-1;/h3-9,11-13,15H,10,14,16H2,1-2H3;1-5H;/q2*-1;+2. The number of fused-ring (bicyclic) bond motifs is 3. The van der Waals surface area contributed by atoms with Gasteiger partial charge in [0.05, 0.1) is 26.5 Å². The molecule has 0 fully saturated rings. The average Bonchev–Trinajstić information content (AvgIpc) is 3.67. The van der Waals surface area contributed by atoms with E-state index in [2.05, 4.69) is 53.2 Å². The van der Waals surface area contributed by atoms with E-state index >= 15 is 0 Å². The SMILES string of the molecule is COc1ccc(Cn2nc3c(c2-c2ccc[cH-]2)CCc2ccc(OC)cc2-3)cc1.[Fe+2].c1cc[cH-]c1. The first-order chi connectivity index (χ1) is 16.8. The molecule has 0 atom stereocenters. The van der Waals surface area contributed by atoms with Crippen molar-refractivity contribution in [2.45, 2.75) is 19.4 Å². The minimum Gasteiger partial charge on any atom is -0.497 e. The van der Waals surface area contributed by atoms with Crippen molar-refractivity contribution in [3.63, 3.8) is 0 Å². The zero-order valence-corrected chi connectivity index (χ0v) is 21.0. The van der Waals surface area contributed by atoms with E-state index in [4.69, 9.17) is 14.6 Å². The summed E-state index contributed by atoms with van der Waals surface area (Å²) in [5.74, 6) is 1.74. The Morgan fingerprint density at radius 1 is 0.857 bits per heavy atom. The molecule has 0 bridgehead atoms. The molecule has 1 heterocycles. The van der Waals surface area contributed by atoms with E-state index in [1.54, 1.807) is 14.2 Å². The number of nitrogens with zero attached hydrogens (tertiary/aromatic N) is 2. The first-order valence-corrected chi connectivity index (χ1v) is 11.6. The number of aromatic nitrogens is 2. The van der Waals surface area contributed by atoms with E-state index in [0.717, 1.165) is 36.6 Å². The summed E-state index contributed by atoms with van der Waals surface area (Å²) in [6.07, 6.45) is 2.02. The van der Waals surface area contributed by atoms with Gasteiger partial charge in [-0.2, -0.15) is 41.5 Å². The molecule has 5 heteroatoms. The van der Waals surface area contributed by atoms with Crippen molar-refractivity contribution in [3.05, 3.63) is 114 Å². The third-order valence-electron chi connectivity index (χ3n) is 6.25. The largest absolute Gasteiger partial charge is 2.00 e. The van der Waals surface area contributed by atoms with Crippen molar-refractivity contribution in [3.8, 4) is 34.0 Å². The molecule has 5 aromatic rings. The van der Waals surface area contributed by atoms with E-state index in [1.807, 2.05) is 48.5 Å². The van der Waals surface area contributed by atoms with Gasteiger partial charge in [-0.05, 0) is 59.5 Å². The van der Waals surface area contributed by atoms with Crippen LogP contribution in [-0.2, 0) is 36.5 Å². The first kappa shape index (κ1) is 24.6. The number of benzene rings is 2. The van der Waals surface area contributed by atoms with Crippen LogP contribution in [-0.4, -0.2) is 24.0 Å². The Morgan fingerprint density at radius 2 is 1.60 bits per heavy atom. The van der Waals surface area contributed by atoms with E-state index in [9.17, 15) is 0 Å². The third kappa shape index (κ3) is 5.27. The summed E-state index contributed by atoms with van der Waals surface area (Å²) >= 11 is 0. The van der Waals surface area contributed by atoms with Gasteiger partial charge in [-0.3, -0.25) is 4.68 Å². The fraction of sp³-hybridized carbons (Fsp3) is 0.167. The molecule has 0 unspecified atom stereocenters. The summed E-state index contributed by atoms with van der Waals surface area (Å²) in [7, 11) is 3.40. The van der Waals surface area contributed by atoms with Gasteiger partial charge >= 0.3 is 17.1 Å². The predicted octanol–water partition coefficient (Wildman–Crippen LogP) is 6.50. The minimum absolute atomic E-state index is 0. The van der Waals surface area contributed by atoms with Crippen LogP contribution < -0.4 is 9.47 Å². The summed E-state index contributed by atoms with van der Waals surface area (Å²) in [5, 5.41) is 5.09. The molecular weight excluding hydrogens is 476 g/mol. The molecule has 4 aromatic carbocycles. The Hall–Kier alpha value is -3.53. The summed E-state index contributed by atoms with van der Waals surface area (Å²) < 4.78 is 12.9. The monoisotopic (exact) mass is 504 g/mol. The molecule has 4 nitrogen and oxygen atoms in total. The van der Waals surface area contributed by atoms with E-state index in [1.165, 1.54) is 33.5 Å². The van der Waals surface area contributed by atoms with E-state index in [0.29, 0.717) is 0 Å². The second kappa shape index (κ2) is 11.3. The molecule has 0 radical (unpaired) electrons. The van der Waals surface area contributed by atoms with Crippen LogP contribution in [0.2, 0.25) is 0 Å². The molecule has 35 heavy (non-hydrogen) atoms. The summed E-state index contributed by atoms with van der Waals surface area (Å²) in [5.41, 5.74) is 8.56. The van der Waals surface area contributed by atoms with Gasteiger partial charge < -0.3 is 9.47 Å². The van der Waals surface area contributed by atoms with Crippen LogP contribution in [0.15, 0.2) is 97.1 Å². The molecule has 0 N–H and O–H groups in total. The Labute approximate surface area is 217 Å². The van der Waals surface area contributed by atoms with Gasteiger partial charge in [-0.25, -0.2) is 12.1 Å². The maximum atomic E-state index is 5.48. The Kier molecular flexibility index (Phi) is 7.91. The minimum atomic E-state index is 0. The summed E-state index contributed by atoms with van der Waals surface area (Å²) in [6.45, 7) is 0.719. The molecule has 6 rings (SSSR count). The van der Waals surface area contributed by atoms with Gasteiger partial charge in [0.2, 0.25) is 0 Å². The Bertz CT molecular complexity index is 1320. The number of hydrogen-bond donors (Lipinski definition) is 0. The second-order valence-electron chi connectivity index (χ2n) is 8.34. The fourth-order valence-corrected chi connectivity index (χ4v) is 4.53.